The Balaban J connectivity index is 1.29. The summed E-state index contributed by atoms with van der Waals surface area (Å²) in [5.74, 6) is 0.698. The molecule has 1 amide bonds. The van der Waals surface area contributed by atoms with Crippen LogP contribution < -0.4 is 0 Å². The van der Waals surface area contributed by atoms with Gasteiger partial charge in [-0.2, -0.15) is 5.10 Å². The predicted molar refractivity (Wildman–Crippen MR) is 135 cm³/mol. The minimum absolute atomic E-state index is 0.0614. The number of carbonyl (C=O) groups excluding carboxylic acids is 1. The van der Waals surface area contributed by atoms with E-state index in [4.69, 9.17) is 5.10 Å². The van der Waals surface area contributed by atoms with Gasteiger partial charge < -0.3 is 4.90 Å². The molecule has 0 atom stereocenters. The molecule has 0 unspecified atom stereocenters. The van der Waals surface area contributed by atoms with E-state index in [2.05, 4.69) is 35.3 Å². The highest BCUT2D eigenvalue weighted by atomic mass is 16.2. The van der Waals surface area contributed by atoms with E-state index in [9.17, 15) is 4.79 Å². The van der Waals surface area contributed by atoms with Crippen LogP contribution in [0.4, 0.5) is 0 Å². The number of benzene rings is 2. The fourth-order valence-corrected chi connectivity index (χ4v) is 4.53. The van der Waals surface area contributed by atoms with Crippen LogP contribution in [0.15, 0.2) is 97.5 Å². The van der Waals surface area contributed by atoms with Crippen molar-refractivity contribution in [3.63, 3.8) is 0 Å². The van der Waals surface area contributed by atoms with E-state index in [-0.39, 0.29) is 5.91 Å². The number of para-hydroxylation sites is 1. The topological polar surface area (TPSA) is 51.0 Å². The van der Waals surface area contributed by atoms with Gasteiger partial charge in [0, 0.05) is 48.9 Å². The first-order valence-corrected chi connectivity index (χ1v) is 11.8. The van der Waals surface area contributed by atoms with Crippen LogP contribution in [0.1, 0.15) is 24.0 Å². The first-order chi connectivity index (χ1) is 16.8. The van der Waals surface area contributed by atoms with Crippen molar-refractivity contribution in [2.45, 2.75) is 19.3 Å². The molecule has 0 bridgehead atoms. The first-order valence-electron chi connectivity index (χ1n) is 11.8. The lowest BCUT2D eigenvalue weighted by Crippen LogP contribution is -2.37. The Bertz CT molecular complexity index is 1240. The molecule has 0 N–H and O–H groups in total. The zero-order valence-corrected chi connectivity index (χ0v) is 19.1. The monoisotopic (exact) mass is 448 g/mol. The summed E-state index contributed by atoms with van der Waals surface area (Å²) in [5.41, 5.74) is 5.06. The Morgan fingerprint density at radius 2 is 1.59 bits per heavy atom. The molecule has 0 spiro atoms. The summed E-state index contributed by atoms with van der Waals surface area (Å²) in [5, 5.41) is 4.80. The number of aromatic nitrogens is 3. The summed E-state index contributed by atoms with van der Waals surface area (Å²) >= 11 is 0. The van der Waals surface area contributed by atoms with Gasteiger partial charge in [-0.25, -0.2) is 4.68 Å². The summed E-state index contributed by atoms with van der Waals surface area (Å²) in [7, 11) is 0. The van der Waals surface area contributed by atoms with E-state index in [1.807, 2.05) is 64.3 Å². The summed E-state index contributed by atoms with van der Waals surface area (Å²) in [6.07, 6.45) is 12.2. The van der Waals surface area contributed by atoms with E-state index in [1.54, 1.807) is 18.5 Å². The number of piperidine rings is 1. The minimum atomic E-state index is 0.0614. The van der Waals surface area contributed by atoms with Gasteiger partial charge in [-0.3, -0.25) is 9.78 Å². The molecule has 4 aromatic rings. The Morgan fingerprint density at radius 1 is 0.912 bits per heavy atom. The number of amides is 1. The molecular weight excluding hydrogens is 420 g/mol. The van der Waals surface area contributed by atoms with Gasteiger partial charge >= 0.3 is 0 Å². The maximum atomic E-state index is 13.0. The average Bonchev–Trinajstić information content (AvgIpc) is 3.34. The smallest absolute Gasteiger partial charge is 0.246 e. The summed E-state index contributed by atoms with van der Waals surface area (Å²) < 4.78 is 1.86. The Labute approximate surface area is 200 Å². The highest BCUT2D eigenvalue weighted by Gasteiger charge is 2.22. The highest BCUT2D eigenvalue weighted by molar-refractivity contribution is 5.93. The summed E-state index contributed by atoms with van der Waals surface area (Å²) in [6, 6.07) is 24.5. The van der Waals surface area contributed by atoms with Crippen LogP contribution in [0, 0.1) is 5.92 Å². The van der Waals surface area contributed by atoms with Gasteiger partial charge in [-0.1, -0.05) is 48.5 Å². The Kier molecular flexibility index (Phi) is 6.61. The van der Waals surface area contributed by atoms with Crippen LogP contribution >= 0.6 is 0 Å². The second-order valence-corrected chi connectivity index (χ2v) is 8.74. The standard InChI is InChI=1S/C29H28N4O/c34-28(32-19-15-24(16-20-32)21-23-7-3-1-4-8-23)12-11-26-22-33(27-9-5-2-6-10-27)31-29(26)25-13-17-30-18-14-25/h1-14,17-18,22,24H,15-16,19-21H2/b12-11+. The molecule has 1 fully saturated rings. The van der Waals surface area contributed by atoms with E-state index in [0.717, 1.165) is 54.9 Å². The number of hydrogen-bond acceptors (Lipinski definition) is 3. The van der Waals surface area contributed by atoms with Crippen LogP contribution in [0.25, 0.3) is 23.0 Å². The second-order valence-electron chi connectivity index (χ2n) is 8.74. The Hall–Kier alpha value is -3.99. The van der Waals surface area contributed by atoms with Gasteiger partial charge in [0.2, 0.25) is 5.91 Å². The number of carbonyl (C=O) groups is 1. The maximum absolute atomic E-state index is 13.0. The van der Waals surface area contributed by atoms with Crippen molar-refractivity contribution in [1.82, 2.24) is 19.7 Å². The normalized spacial score (nSPS) is 14.5. The summed E-state index contributed by atoms with van der Waals surface area (Å²) in [4.78, 5) is 19.0. The fourth-order valence-electron chi connectivity index (χ4n) is 4.53. The lowest BCUT2D eigenvalue weighted by Gasteiger charge is -2.31. The van der Waals surface area contributed by atoms with E-state index >= 15 is 0 Å². The number of hydrogen-bond donors (Lipinski definition) is 0. The quantitative estimate of drug-likeness (QED) is 0.370. The SMILES string of the molecule is O=C(/C=C/c1cn(-c2ccccc2)nc1-c1ccncc1)N1CCC(Cc2ccccc2)CC1. The van der Waals surface area contributed by atoms with Crippen LogP contribution in [-0.2, 0) is 11.2 Å². The number of likely N-dealkylation sites (tertiary alicyclic amines) is 1. The van der Waals surface area contributed by atoms with Crippen molar-refractivity contribution in [3.8, 4) is 16.9 Å². The maximum Gasteiger partial charge on any atom is 0.246 e. The van der Waals surface area contributed by atoms with Crippen molar-refractivity contribution in [2.24, 2.45) is 5.92 Å². The molecule has 0 radical (unpaired) electrons. The number of pyridine rings is 1. The molecular formula is C29H28N4O. The second kappa shape index (κ2) is 10.3. The fraction of sp³-hybridized carbons (Fsp3) is 0.207. The van der Waals surface area contributed by atoms with E-state index < -0.39 is 0 Å². The molecule has 2 aromatic carbocycles. The van der Waals surface area contributed by atoms with Gasteiger partial charge in [0.15, 0.2) is 0 Å². The number of nitrogens with zero attached hydrogens (tertiary/aromatic N) is 4. The first kappa shape index (κ1) is 21.8. The third kappa shape index (κ3) is 5.15. The molecule has 34 heavy (non-hydrogen) atoms. The summed E-state index contributed by atoms with van der Waals surface area (Å²) in [6.45, 7) is 1.61. The van der Waals surface area contributed by atoms with Crippen LogP contribution in [0.3, 0.4) is 0 Å². The lowest BCUT2D eigenvalue weighted by atomic mass is 9.90. The molecule has 3 heterocycles. The van der Waals surface area contributed by atoms with Crippen LogP contribution in [0.2, 0.25) is 0 Å². The molecule has 1 saturated heterocycles. The molecule has 0 aliphatic carbocycles. The predicted octanol–water partition coefficient (Wildman–Crippen LogP) is 5.43. The van der Waals surface area contributed by atoms with E-state index in [1.165, 1.54) is 5.56 Å². The largest absolute Gasteiger partial charge is 0.339 e. The molecule has 1 aliphatic heterocycles. The van der Waals surface area contributed by atoms with Gasteiger partial charge in [-0.05, 0) is 61.1 Å². The van der Waals surface area contributed by atoms with Crippen LogP contribution in [-0.4, -0.2) is 38.7 Å². The lowest BCUT2D eigenvalue weighted by molar-refractivity contribution is -0.127. The average molecular weight is 449 g/mol. The molecule has 5 heteroatoms. The third-order valence-electron chi connectivity index (χ3n) is 6.42. The molecule has 5 rings (SSSR count). The zero-order valence-electron chi connectivity index (χ0n) is 19.1. The number of rotatable bonds is 6. The van der Waals surface area contributed by atoms with Gasteiger partial charge in [0.05, 0.1) is 5.69 Å². The molecule has 5 nitrogen and oxygen atoms in total. The van der Waals surface area contributed by atoms with Crippen molar-refractivity contribution in [1.29, 1.82) is 0 Å². The zero-order chi connectivity index (χ0) is 23.2. The van der Waals surface area contributed by atoms with E-state index in [0.29, 0.717) is 5.92 Å². The molecule has 0 saturated carbocycles. The van der Waals surface area contributed by atoms with Crippen molar-refractivity contribution in [2.75, 3.05) is 13.1 Å². The van der Waals surface area contributed by atoms with Crippen molar-refractivity contribution < 1.29 is 4.79 Å². The molecule has 170 valence electrons. The van der Waals surface area contributed by atoms with Gasteiger partial charge in [0.25, 0.3) is 0 Å². The van der Waals surface area contributed by atoms with Crippen molar-refractivity contribution in [3.05, 3.63) is 109 Å². The Morgan fingerprint density at radius 3 is 2.29 bits per heavy atom. The van der Waals surface area contributed by atoms with Crippen LogP contribution in [0.5, 0.6) is 0 Å². The highest BCUT2D eigenvalue weighted by Crippen LogP contribution is 2.25. The molecule has 1 aliphatic rings. The third-order valence-corrected chi connectivity index (χ3v) is 6.42. The van der Waals surface area contributed by atoms with Gasteiger partial charge in [-0.15, -0.1) is 0 Å². The van der Waals surface area contributed by atoms with Crippen molar-refractivity contribution >= 4 is 12.0 Å². The minimum Gasteiger partial charge on any atom is -0.339 e. The van der Waals surface area contributed by atoms with Gasteiger partial charge in [0.1, 0.15) is 5.69 Å². The molecule has 2 aromatic heterocycles.